The summed E-state index contributed by atoms with van der Waals surface area (Å²) >= 11 is 0. The molecule has 0 aliphatic heterocycles. The van der Waals surface area contributed by atoms with Gasteiger partial charge in [0.2, 0.25) is 0 Å². The van der Waals surface area contributed by atoms with Crippen molar-refractivity contribution in [1.29, 1.82) is 0 Å². The second kappa shape index (κ2) is 14.5. The van der Waals surface area contributed by atoms with Gasteiger partial charge < -0.3 is 19.3 Å². The number of aliphatic hydroxyl groups is 1. The van der Waals surface area contributed by atoms with Crippen LogP contribution in [0.25, 0.3) is 0 Å². The number of unbranched alkanes of at least 4 members (excludes halogenated alkanes) is 2. The summed E-state index contributed by atoms with van der Waals surface area (Å²) in [6.45, 7) is 4.40. The van der Waals surface area contributed by atoms with Crippen molar-refractivity contribution in [2.75, 3.05) is 21.3 Å². The summed E-state index contributed by atoms with van der Waals surface area (Å²) in [5.74, 6) is 1.32. The van der Waals surface area contributed by atoms with E-state index in [9.17, 15) is 4.79 Å². The summed E-state index contributed by atoms with van der Waals surface area (Å²) in [6.07, 6.45) is 6.64. The number of carbonyl (C=O) groups excluding carboxylic acids is 1. The lowest BCUT2D eigenvalue weighted by molar-refractivity contribution is 0.0600. The van der Waals surface area contributed by atoms with E-state index in [-0.39, 0.29) is 12.6 Å². The SMILES string of the molecule is CCCCc1ccc(C(=O)OC)cc1OC.CCCCc1ccc(CO)cc1OC. The number of aliphatic hydroxyl groups excluding tert-OH is 1. The molecule has 0 radical (unpaired) electrons. The highest BCUT2D eigenvalue weighted by atomic mass is 16.5. The van der Waals surface area contributed by atoms with Gasteiger partial charge in [0, 0.05) is 0 Å². The second-order valence-corrected chi connectivity index (χ2v) is 7.03. The zero-order chi connectivity index (χ0) is 22.4. The maximum absolute atomic E-state index is 11.3. The van der Waals surface area contributed by atoms with Gasteiger partial charge in [0.15, 0.2) is 0 Å². The van der Waals surface area contributed by atoms with Gasteiger partial charge in [-0.2, -0.15) is 0 Å². The number of benzene rings is 2. The minimum Gasteiger partial charge on any atom is -0.496 e. The Morgan fingerprint density at radius 2 is 1.37 bits per heavy atom. The third kappa shape index (κ3) is 8.07. The molecule has 5 heteroatoms. The van der Waals surface area contributed by atoms with E-state index in [0.717, 1.165) is 48.3 Å². The molecule has 0 spiro atoms. The van der Waals surface area contributed by atoms with Gasteiger partial charge in [-0.3, -0.25) is 0 Å². The summed E-state index contributed by atoms with van der Waals surface area (Å²) in [6, 6.07) is 11.3. The quantitative estimate of drug-likeness (QED) is 0.529. The van der Waals surface area contributed by atoms with E-state index in [4.69, 9.17) is 14.6 Å². The van der Waals surface area contributed by atoms with E-state index in [2.05, 4.69) is 18.6 Å². The molecule has 5 nitrogen and oxygen atoms in total. The zero-order valence-electron chi connectivity index (χ0n) is 19.0. The molecule has 30 heavy (non-hydrogen) atoms. The van der Waals surface area contributed by atoms with Crippen LogP contribution in [0.5, 0.6) is 11.5 Å². The number of aryl methyl sites for hydroxylation is 2. The minimum atomic E-state index is -0.333. The first-order valence-electron chi connectivity index (χ1n) is 10.6. The number of methoxy groups -OCH3 is 3. The lowest BCUT2D eigenvalue weighted by Gasteiger charge is -2.09. The number of hydrogen-bond acceptors (Lipinski definition) is 5. The molecule has 0 unspecified atom stereocenters. The van der Waals surface area contributed by atoms with Crippen LogP contribution in [0.4, 0.5) is 0 Å². The van der Waals surface area contributed by atoms with Crippen molar-refractivity contribution in [1.82, 2.24) is 0 Å². The molecule has 0 saturated heterocycles. The summed E-state index contributed by atoms with van der Waals surface area (Å²) in [7, 11) is 4.66. The van der Waals surface area contributed by atoms with E-state index < -0.39 is 0 Å². The van der Waals surface area contributed by atoms with E-state index in [0.29, 0.717) is 5.56 Å². The van der Waals surface area contributed by atoms with E-state index in [1.54, 1.807) is 26.4 Å². The third-order valence-corrected chi connectivity index (χ3v) is 4.84. The summed E-state index contributed by atoms with van der Waals surface area (Å²) in [5.41, 5.74) is 3.80. The number of carbonyl (C=O) groups is 1. The molecule has 2 aromatic carbocycles. The molecule has 166 valence electrons. The molecule has 1 N–H and O–H groups in total. The van der Waals surface area contributed by atoms with E-state index >= 15 is 0 Å². The van der Waals surface area contributed by atoms with Crippen LogP contribution in [0.2, 0.25) is 0 Å². The zero-order valence-corrected chi connectivity index (χ0v) is 19.0. The van der Waals surface area contributed by atoms with Crippen molar-refractivity contribution in [3.63, 3.8) is 0 Å². The standard InChI is InChI=1S/C13H18O3.C12H18O2/c1-4-5-6-10-7-8-11(13(14)16-3)9-12(10)15-2;1-3-4-5-11-7-6-10(9-13)8-12(11)14-2/h7-9H,4-6H2,1-3H3;6-8,13H,3-5,9H2,1-2H3. The molecule has 0 aliphatic carbocycles. The predicted molar refractivity (Wildman–Crippen MR) is 120 cm³/mol. The first kappa shape index (κ1) is 25.5. The molecule has 2 aromatic rings. The largest absolute Gasteiger partial charge is 0.496 e. The van der Waals surface area contributed by atoms with Crippen LogP contribution in [-0.2, 0) is 24.2 Å². The first-order chi connectivity index (χ1) is 14.5. The minimum absolute atomic E-state index is 0.0738. The van der Waals surface area contributed by atoms with Crippen molar-refractivity contribution in [3.8, 4) is 11.5 Å². The smallest absolute Gasteiger partial charge is 0.337 e. The van der Waals surface area contributed by atoms with E-state index in [1.165, 1.54) is 25.5 Å². The lowest BCUT2D eigenvalue weighted by atomic mass is 10.0. The lowest BCUT2D eigenvalue weighted by Crippen LogP contribution is -2.02. The van der Waals surface area contributed by atoms with Gasteiger partial charge in [-0.25, -0.2) is 4.79 Å². The van der Waals surface area contributed by atoms with Crippen LogP contribution in [0.3, 0.4) is 0 Å². The number of esters is 1. The fraction of sp³-hybridized carbons (Fsp3) is 0.480. The highest BCUT2D eigenvalue weighted by Gasteiger charge is 2.09. The van der Waals surface area contributed by atoms with Gasteiger partial charge >= 0.3 is 5.97 Å². The van der Waals surface area contributed by atoms with Crippen LogP contribution in [0.1, 0.15) is 66.6 Å². The highest BCUT2D eigenvalue weighted by molar-refractivity contribution is 5.89. The number of hydrogen-bond donors (Lipinski definition) is 1. The molecule has 0 aromatic heterocycles. The average Bonchev–Trinajstić information content (AvgIpc) is 2.80. The van der Waals surface area contributed by atoms with Gasteiger partial charge in [-0.05, 0) is 60.6 Å². The maximum Gasteiger partial charge on any atom is 0.337 e. The van der Waals surface area contributed by atoms with E-state index in [1.807, 2.05) is 24.3 Å². The Hall–Kier alpha value is -2.53. The van der Waals surface area contributed by atoms with Gasteiger partial charge in [-0.15, -0.1) is 0 Å². The Kier molecular flexibility index (Phi) is 12.3. The van der Waals surface area contributed by atoms with Crippen LogP contribution in [0.15, 0.2) is 36.4 Å². The Morgan fingerprint density at radius 1 is 0.833 bits per heavy atom. The van der Waals surface area contributed by atoms with Crippen LogP contribution in [-0.4, -0.2) is 32.4 Å². The first-order valence-corrected chi connectivity index (χ1v) is 10.6. The van der Waals surface area contributed by atoms with Gasteiger partial charge in [0.25, 0.3) is 0 Å². The molecule has 0 atom stereocenters. The summed E-state index contributed by atoms with van der Waals surface area (Å²) in [5, 5.41) is 8.97. The second-order valence-electron chi connectivity index (χ2n) is 7.03. The normalized spacial score (nSPS) is 10.1. The summed E-state index contributed by atoms with van der Waals surface area (Å²) in [4.78, 5) is 11.3. The Balaban J connectivity index is 0.000000303. The fourth-order valence-electron chi connectivity index (χ4n) is 3.02. The van der Waals surface area contributed by atoms with Crippen LogP contribution in [0, 0.1) is 0 Å². The molecule has 0 fully saturated rings. The fourth-order valence-corrected chi connectivity index (χ4v) is 3.02. The Bertz CT molecular complexity index is 770. The molecule has 2 rings (SSSR count). The van der Waals surface area contributed by atoms with Crippen molar-refractivity contribution in [3.05, 3.63) is 58.7 Å². The topological polar surface area (TPSA) is 65.0 Å². The molecule has 0 amide bonds. The Labute approximate surface area is 181 Å². The molecule has 0 heterocycles. The monoisotopic (exact) mass is 416 g/mol. The summed E-state index contributed by atoms with van der Waals surface area (Å²) < 4.78 is 15.2. The van der Waals surface area contributed by atoms with Crippen molar-refractivity contribution in [2.24, 2.45) is 0 Å². The Morgan fingerprint density at radius 3 is 1.83 bits per heavy atom. The van der Waals surface area contributed by atoms with Crippen LogP contribution < -0.4 is 9.47 Å². The third-order valence-electron chi connectivity index (χ3n) is 4.84. The predicted octanol–water partition coefficient (Wildman–Crippen LogP) is 5.35. The molecule has 0 saturated carbocycles. The van der Waals surface area contributed by atoms with Crippen molar-refractivity contribution in [2.45, 2.75) is 59.0 Å². The average molecular weight is 417 g/mol. The van der Waals surface area contributed by atoms with Gasteiger partial charge in [0.05, 0.1) is 33.5 Å². The van der Waals surface area contributed by atoms with Crippen molar-refractivity contribution >= 4 is 5.97 Å². The molecular formula is C25H36O5. The molecule has 0 bridgehead atoms. The molecular weight excluding hydrogens is 380 g/mol. The van der Waals surface area contributed by atoms with Gasteiger partial charge in [-0.1, -0.05) is 44.9 Å². The van der Waals surface area contributed by atoms with Crippen molar-refractivity contribution < 1.29 is 24.1 Å². The number of ether oxygens (including phenoxy) is 3. The van der Waals surface area contributed by atoms with Crippen LogP contribution >= 0.6 is 0 Å². The maximum atomic E-state index is 11.3. The number of rotatable bonds is 10. The highest BCUT2D eigenvalue weighted by Crippen LogP contribution is 2.23. The van der Waals surface area contributed by atoms with Gasteiger partial charge in [0.1, 0.15) is 11.5 Å². The molecule has 0 aliphatic rings.